The second-order valence-corrected chi connectivity index (χ2v) is 21.6. The fourth-order valence-electron chi connectivity index (χ4n) is 9.11. The van der Waals surface area contributed by atoms with E-state index in [9.17, 15) is 14.4 Å². The van der Waals surface area contributed by atoms with Crippen molar-refractivity contribution < 1.29 is 28.6 Å². The van der Waals surface area contributed by atoms with Crippen LogP contribution in [0.5, 0.6) is 0 Å². The maximum atomic E-state index is 12.9. The lowest BCUT2D eigenvalue weighted by atomic mass is 10.0. The molecule has 0 spiro atoms. The topological polar surface area (TPSA) is 78.9 Å². The smallest absolute Gasteiger partial charge is 0.306 e. The molecule has 0 N–H and O–H groups in total. The highest BCUT2D eigenvalue weighted by atomic mass is 16.6. The van der Waals surface area contributed by atoms with Crippen molar-refractivity contribution in [3.05, 3.63) is 109 Å². The average Bonchev–Trinajstić information content (AvgIpc) is 3.44. The predicted octanol–water partition coefficient (Wildman–Crippen LogP) is 22.6. The summed E-state index contributed by atoms with van der Waals surface area (Å²) in [5.74, 6) is -0.952. The molecule has 0 radical (unpaired) electrons. The highest BCUT2D eigenvalue weighted by Gasteiger charge is 2.19. The Balaban J connectivity index is 4.47. The zero-order valence-corrected chi connectivity index (χ0v) is 51.2. The first kappa shape index (κ1) is 74.1. The molecular weight excluding hydrogens is 961 g/mol. The second kappa shape index (κ2) is 65.6. The van der Waals surface area contributed by atoms with E-state index in [1.165, 1.54) is 167 Å². The number of unbranched alkanes of at least 4 members (excludes halogenated alkanes) is 30. The van der Waals surface area contributed by atoms with Crippen LogP contribution >= 0.6 is 0 Å². The minimum Gasteiger partial charge on any atom is -0.462 e. The van der Waals surface area contributed by atoms with Crippen LogP contribution in [0, 0.1) is 0 Å². The van der Waals surface area contributed by atoms with E-state index in [4.69, 9.17) is 14.2 Å². The molecule has 1 unspecified atom stereocenters. The number of ether oxygens (including phenoxy) is 3. The molecule has 0 aliphatic carbocycles. The summed E-state index contributed by atoms with van der Waals surface area (Å²) in [6, 6.07) is 0. The summed E-state index contributed by atoms with van der Waals surface area (Å²) in [7, 11) is 0. The largest absolute Gasteiger partial charge is 0.462 e. The Hall–Kier alpha value is -3.93. The van der Waals surface area contributed by atoms with Gasteiger partial charge in [-0.3, -0.25) is 14.4 Å². The number of carbonyl (C=O) groups is 3. The normalized spacial score (nSPS) is 12.8. The van der Waals surface area contributed by atoms with Gasteiger partial charge >= 0.3 is 17.9 Å². The van der Waals surface area contributed by atoms with Crippen molar-refractivity contribution in [1.82, 2.24) is 0 Å². The minimum absolute atomic E-state index is 0.0962. The molecule has 6 heteroatoms. The number of esters is 3. The third-order valence-corrected chi connectivity index (χ3v) is 14.0. The van der Waals surface area contributed by atoms with E-state index >= 15 is 0 Å². The predicted molar refractivity (Wildman–Crippen MR) is 339 cm³/mol. The van der Waals surface area contributed by atoms with Crippen LogP contribution in [0.1, 0.15) is 310 Å². The molecule has 0 saturated heterocycles. The van der Waals surface area contributed by atoms with E-state index in [2.05, 4.69) is 130 Å². The lowest BCUT2D eigenvalue weighted by Crippen LogP contribution is -2.30. The third-order valence-electron chi connectivity index (χ3n) is 14.0. The lowest BCUT2D eigenvalue weighted by molar-refractivity contribution is -0.167. The van der Waals surface area contributed by atoms with E-state index in [0.717, 1.165) is 96.3 Å². The zero-order chi connectivity index (χ0) is 56.4. The van der Waals surface area contributed by atoms with E-state index in [1.54, 1.807) is 0 Å². The molecule has 0 aliphatic rings. The van der Waals surface area contributed by atoms with E-state index in [-0.39, 0.29) is 37.5 Å². The van der Waals surface area contributed by atoms with Crippen LogP contribution in [0.4, 0.5) is 0 Å². The molecule has 0 fully saturated rings. The summed E-state index contributed by atoms with van der Waals surface area (Å²) >= 11 is 0. The van der Waals surface area contributed by atoms with Crippen molar-refractivity contribution in [2.45, 2.75) is 316 Å². The molecule has 0 aromatic rings. The van der Waals surface area contributed by atoms with Gasteiger partial charge in [0.05, 0.1) is 0 Å². The first-order valence-electron chi connectivity index (χ1n) is 32.9. The molecule has 0 bridgehead atoms. The summed E-state index contributed by atoms with van der Waals surface area (Å²) in [6.07, 6.45) is 89.5. The minimum atomic E-state index is -0.806. The van der Waals surface area contributed by atoms with Crippen molar-refractivity contribution in [2.75, 3.05) is 13.2 Å². The fraction of sp³-hybridized carbons (Fsp3) is 0.708. The van der Waals surface area contributed by atoms with E-state index < -0.39 is 6.10 Å². The highest BCUT2D eigenvalue weighted by Crippen LogP contribution is 2.16. The van der Waals surface area contributed by atoms with Crippen molar-refractivity contribution in [2.24, 2.45) is 0 Å². The quantitative estimate of drug-likeness (QED) is 0.0261. The molecule has 446 valence electrons. The molecule has 78 heavy (non-hydrogen) atoms. The molecule has 0 aliphatic heterocycles. The van der Waals surface area contributed by atoms with Gasteiger partial charge in [0, 0.05) is 19.3 Å². The Bertz CT molecular complexity index is 1570. The van der Waals surface area contributed by atoms with Gasteiger partial charge in [-0.2, -0.15) is 0 Å². The van der Waals surface area contributed by atoms with Gasteiger partial charge < -0.3 is 14.2 Å². The van der Waals surface area contributed by atoms with Gasteiger partial charge in [-0.25, -0.2) is 0 Å². The molecule has 0 heterocycles. The molecule has 0 aromatic heterocycles. The monoisotopic (exact) mass is 1080 g/mol. The number of hydrogen-bond acceptors (Lipinski definition) is 6. The van der Waals surface area contributed by atoms with Crippen molar-refractivity contribution in [3.63, 3.8) is 0 Å². The summed E-state index contributed by atoms with van der Waals surface area (Å²) in [5.41, 5.74) is 0. The summed E-state index contributed by atoms with van der Waals surface area (Å²) < 4.78 is 16.9. The number of rotatable bonds is 59. The molecule has 6 nitrogen and oxygen atoms in total. The number of hydrogen-bond donors (Lipinski definition) is 0. The van der Waals surface area contributed by atoms with Gasteiger partial charge in [0.1, 0.15) is 13.2 Å². The fourth-order valence-corrected chi connectivity index (χ4v) is 9.11. The van der Waals surface area contributed by atoms with Crippen LogP contribution in [0.25, 0.3) is 0 Å². The maximum absolute atomic E-state index is 12.9. The summed E-state index contributed by atoms with van der Waals surface area (Å²) in [4.78, 5) is 38.4. The van der Waals surface area contributed by atoms with Crippen LogP contribution < -0.4 is 0 Å². The van der Waals surface area contributed by atoms with Crippen molar-refractivity contribution >= 4 is 17.9 Å². The summed E-state index contributed by atoms with van der Waals surface area (Å²) in [6.45, 7) is 6.50. The lowest BCUT2D eigenvalue weighted by Gasteiger charge is -2.18. The maximum Gasteiger partial charge on any atom is 0.306 e. The van der Waals surface area contributed by atoms with Gasteiger partial charge in [-0.05, 0) is 103 Å². The third kappa shape index (κ3) is 62.9. The molecule has 0 rings (SSSR count). The Labute approximate surface area is 482 Å². The van der Waals surface area contributed by atoms with Crippen molar-refractivity contribution in [1.29, 1.82) is 0 Å². The van der Waals surface area contributed by atoms with Crippen LogP contribution in [0.15, 0.2) is 109 Å². The van der Waals surface area contributed by atoms with Crippen LogP contribution in [-0.2, 0) is 28.6 Å². The average molecular weight is 1080 g/mol. The van der Waals surface area contributed by atoms with Gasteiger partial charge in [0.15, 0.2) is 6.10 Å². The SMILES string of the molecule is CC/C=C\C/C=C\C/C=C\C/C=C\C/C=C\C/C=C\C/C=C\CCCC(=O)OCC(COC(=O)CCCCCCCCCCCCCCCCCC)OC(=O)CCCCCCCCCCC/C=C\C/C=C\CCCCCCC. The van der Waals surface area contributed by atoms with E-state index in [1.807, 2.05) is 0 Å². The van der Waals surface area contributed by atoms with E-state index in [0.29, 0.717) is 19.3 Å². The van der Waals surface area contributed by atoms with Gasteiger partial charge in [0.2, 0.25) is 0 Å². The summed E-state index contributed by atoms with van der Waals surface area (Å²) in [5, 5.41) is 0. The van der Waals surface area contributed by atoms with Crippen molar-refractivity contribution in [3.8, 4) is 0 Å². The zero-order valence-electron chi connectivity index (χ0n) is 51.2. The first-order chi connectivity index (χ1) is 38.5. The Kier molecular flexibility index (Phi) is 62.3. The Morgan fingerprint density at radius 1 is 0.269 bits per heavy atom. The second-order valence-electron chi connectivity index (χ2n) is 21.6. The number of allylic oxidation sites excluding steroid dienone is 18. The van der Waals surface area contributed by atoms with Crippen LogP contribution in [0.3, 0.4) is 0 Å². The van der Waals surface area contributed by atoms with Crippen LogP contribution in [0.2, 0.25) is 0 Å². The van der Waals surface area contributed by atoms with Crippen LogP contribution in [-0.4, -0.2) is 37.2 Å². The van der Waals surface area contributed by atoms with Gasteiger partial charge in [-0.1, -0.05) is 297 Å². The Morgan fingerprint density at radius 3 is 0.833 bits per heavy atom. The highest BCUT2D eigenvalue weighted by molar-refractivity contribution is 5.71. The molecule has 0 aromatic carbocycles. The molecule has 0 saturated carbocycles. The first-order valence-corrected chi connectivity index (χ1v) is 32.9. The Morgan fingerprint density at radius 2 is 0.513 bits per heavy atom. The standard InChI is InChI=1S/C72H122O6/c1-4-7-10-13-16-19-22-25-28-31-33-35-36-38-39-41-44-47-50-53-56-59-62-65-71(74)77-68-69(67-76-70(73)64-61-58-55-52-49-46-43-30-27-24-21-18-15-12-9-6-3)78-72(75)66-63-60-57-54-51-48-45-42-40-37-34-32-29-26-23-20-17-14-11-8-5-2/h7,10,16,19,23,25-26,28,32-35,38-39,44,47,53,56,69H,4-6,8-9,11-15,17-18,20-22,24,27,29-31,36-37,40-43,45-46,48-52,54-55,57-68H2,1-3H3/b10-7-,19-16-,26-23-,28-25-,34-32-,35-33-,39-38-,47-44-,56-53-. The molecular formula is C72H122O6. The van der Waals surface area contributed by atoms with Gasteiger partial charge in [-0.15, -0.1) is 0 Å². The molecule has 0 amide bonds. The van der Waals surface area contributed by atoms with Gasteiger partial charge in [0.25, 0.3) is 0 Å². The molecule has 1 atom stereocenters. The number of carbonyl (C=O) groups excluding carboxylic acids is 3.